The summed E-state index contributed by atoms with van der Waals surface area (Å²) in [5, 5.41) is 7.69. The van der Waals surface area contributed by atoms with E-state index in [1.165, 1.54) is 0 Å². The van der Waals surface area contributed by atoms with Crippen LogP contribution in [-0.4, -0.2) is 36.9 Å². The van der Waals surface area contributed by atoms with Gasteiger partial charge in [0.15, 0.2) is 0 Å². The summed E-state index contributed by atoms with van der Waals surface area (Å²) < 4.78 is 27.4. The van der Waals surface area contributed by atoms with Crippen molar-refractivity contribution in [1.82, 2.24) is 16.0 Å². The molecule has 26 heavy (non-hydrogen) atoms. The van der Waals surface area contributed by atoms with Gasteiger partial charge in [0.05, 0.1) is 0 Å². The van der Waals surface area contributed by atoms with E-state index in [0.29, 0.717) is 0 Å². The Balaban J connectivity index is 1.89. The zero-order valence-corrected chi connectivity index (χ0v) is 14.8. The Hall–Kier alpha value is -2.51. The van der Waals surface area contributed by atoms with Crippen molar-refractivity contribution in [3.05, 3.63) is 35.4 Å². The number of rotatable bonds is 8. The summed E-state index contributed by atoms with van der Waals surface area (Å²) in [7, 11) is 0. The molecule has 2 rings (SSSR count). The molecule has 0 heterocycles. The van der Waals surface area contributed by atoms with E-state index in [2.05, 4.69) is 16.0 Å². The molecule has 6 nitrogen and oxygen atoms in total. The lowest BCUT2D eigenvalue weighted by Crippen LogP contribution is -2.51. The zero-order chi connectivity index (χ0) is 19.3. The van der Waals surface area contributed by atoms with Crippen LogP contribution in [0.3, 0.4) is 0 Å². The van der Waals surface area contributed by atoms with Crippen LogP contribution in [0.4, 0.5) is 8.78 Å². The normalized spacial score (nSPS) is 14.7. The Labute approximate surface area is 150 Å². The minimum Gasteiger partial charge on any atom is -0.354 e. The Morgan fingerprint density at radius 1 is 1.08 bits per heavy atom. The molecule has 0 bridgehead atoms. The van der Waals surface area contributed by atoms with Gasteiger partial charge in [0.2, 0.25) is 11.8 Å². The summed E-state index contributed by atoms with van der Waals surface area (Å²) in [6.45, 7) is 3.89. The summed E-state index contributed by atoms with van der Waals surface area (Å²) in [6.07, 6.45) is 1.79. The Morgan fingerprint density at radius 3 is 2.19 bits per heavy atom. The molecule has 0 saturated heterocycles. The van der Waals surface area contributed by atoms with E-state index in [1.807, 2.05) is 0 Å². The number of hydrogen-bond acceptors (Lipinski definition) is 3. The van der Waals surface area contributed by atoms with Gasteiger partial charge in [-0.1, -0.05) is 19.9 Å². The molecule has 0 aliphatic heterocycles. The lowest BCUT2D eigenvalue weighted by molar-refractivity contribution is -0.125. The summed E-state index contributed by atoms with van der Waals surface area (Å²) in [6, 6.07) is 2.15. The molecule has 1 aromatic rings. The van der Waals surface area contributed by atoms with Crippen LogP contribution < -0.4 is 16.0 Å². The highest BCUT2D eigenvalue weighted by Gasteiger charge is 2.29. The van der Waals surface area contributed by atoms with Crippen molar-refractivity contribution in [3.8, 4) is 0 Å². The van der Waals surface area contributed by atoms with Crippen molar-refractivity contribution >= 4 is 17.7 Å². The maximum absolute atomic E-state index is 13.7. The average molecular weight is 367 g/mol. The Bertz CT molecular complexity index is 670. The maximum atomic E-state index is 13.7. The third-order valence-corrected chi connectivity index (χ3v) is 4.10. The molecule has 8 heteroatoms. The van der Waals surface area contributed by atoms with Crippen molar-refractivity contribution in [2.45, 2.75) is 32.7 Å². The number of carbonyl (C=O) groups is 3. The molecule has 3 N–H and O–H groups in total. The SMILES string of the molecule is CC(C)C(NC(=O)c1c(F)cccc1F)C(=O)NCCNC(=O)C1CC1. The fourth-order valence-corrected chi connectivity index (χ4v) is 2.43. The lowest BCUT2D eigenvalue weighted by atomic mass is 10.0. The van der Waals surface area contributed by atoms with Crippen molar-refractivity contribution in [3.63, 3.8) is 0 Å². The second-order valence-corrected chi connectivity index (χ2v) is 6.65. The number of hydrogen-bond donors (Lipinski definition) is 3. The highest BCUT2D eigenvalue weighted by Crippen LogP contribution is 2.28. The molecule has 0 aromatic heterocycles. The van der Waals surface area contributed by atoms with E-state index in [1.54, 1.807) is 13.8 Å². The summed E-state index contributed by atoms with van der Waals surface area (Å²) in [4.78, 5) is 36.0. The average Bonchev–Trinajstić information content (AvgIpc) is 3.40. The van der Waals surface area contributed by atoms with Crippen molar-refractivity contribution in [2.24, 2.45) is 11.8 Å². The molecule has 1 aliphatic rings. The fourth-order valence-electron chi connectivity index (χ4n) is 2.43. The molecule has 0 radical (unpaired) electrons. The molecular weight excluding hydrogens is 344 g/mol. The van der Waals surface area contributed by atoms with Gasteiger partial charge in [-0.3, -0.25) is 14.4 Å². The molecule has 1 aliphatic carbocycles. The summed E-state index contributed by atoms with van der Waals surface area (Å²) in [5.41, 5.74) is -0.720. The second kappa shape index (κ2) is 8.73. The van der Waals surface area contributed by atoms with Crippen LogP contribution in [-0.2, 0) is 9.59 Å². The van der Waals surface area contributed by atoms with Crippen LogP contribution in [0.5, 0.6) is 0 Å². The minimum atomic E-state index is -0.992. The number of benzene rings is 1. The van der Waals surface area contributed by atoms with E-state index in [9.17, 15) is 23.2 Å². The third kappa shape index (κ3) is 5.24. The molecule has 3 amide bonds. The van der Waals surface area contributed by atoms with Crippen LogP contribution in [0.2, 0.25) is 0 Å². The smallest absolute Gasteiger partial charge is 0.257 e. The van der Waals surface area contributed by atoms with Gasteiger partial charge in [-0.05, 0) is 30.9 Å². The molecule has 1 fully saturated rings. The molecule has 1 unspecified atom stereocenters. The van der Waals surface area contributed by atoms with E-state index >= 15 is 0 Å². The van der Waals surface area contributed by atoms with Gasteiger partial charge in [0.1, 0.15) is 23.2 Å². The van der Waals surface area contributed by atoms with Gasteiger partial charge < -0.3 is 16.0 Å². The van der Waals surface area contributed by atoms with Gasteiger partial charge >= 0.3 is 0 Å². The molecule has 0 spiro atoms. The highest BCUT2D eigenvalue weighted by molar-refractivity contribution is 5.98. The van der Waals surface area contributed by atoms with Crippen LogP contribution in [0.25, 0.3) is 0 Å². The van der Waals surface area contributed by atoms with Gasteiger partial charge in [-0.15, -0.1) is 0 Å². The Kier molecular flexibility index (Phi) is 6.65. The second-order valence-electron chi connectivity index (χ2n) is 6.65. The van der Waals surface area contributed by atoms with Gasteiger partial charge in [-0.2, -0.15) is 0 Å². The quantitative estimate of drug-likeness (QED) is 0.607. The third-order valence-electron chi connectivity index (χ3n) is 4.10. The molecule has 142 valence electrons. The van der Waals surface area contributed by atoms with Crippen LogP contribution in [0, 0.1) is 23.5 Å². The molecule has 1 aromatic carbocycles. The standard InChI is InChI=1S/C18H23F2N3O3/c1-10(2)15(18(26)22-9-8-21-16(24)11-6-7-11)23-17(25)14-12(19)4-3-5-13(14)20/h3-5,10-11,15H,6-9H2,1-2H3,(H,21,24)(H,22,26)(H,23,25). The maximum Gasteiger partial charge on any atom is 0.257 e. The van der Waals surface area contributed by atoms with Gasteiger partial charge in [0.25, 0.3) is 5.91 Å². The summed E-state index contributed by atoms with van der Waals surface area (Å²) >= 11 is 0. The number of carbonyl (C=O) groups excluding carboxylic acids is 3. The predicted octanol–water partition coefficient (Wildman–Crippen LogP) is 1.36. The van der Waals surface area contributed by atoms with Crippen LogP contribution in [0.15, 0.2) is 18.2 Å². The Morgan fingerprint density at radius 2 is 1.65 bits per heavy atom. The van der Waals surface area contributed by atoms with Crippen molar-refractivity contribution < 1.29 is 23.2 Å². The van der Waals surface area contributed by atoms with Crippen molar-refractivity contribution in [1.29, 1.82) is 0 Å². The predicted molar refractivity (Wildman–Crippen MR) is 91.2 cm³/mol. The molecule has 1 atom stereocenters. The number of halogens is 2. The van der Waals surface area contributed by atoms with Crippen LogP contribution >= 0.6 is 0 Å². The van der Waals surface area contributed by atoms with Gasteiger partial charge in [-0.25, -0.2) is 8.78 Å². The first-order valence-corrected chi connectivity index (χ1v) is 8.61. The topological polar surface area (TPSA) is 87.3 Å². The minimum absolute atomic E-state index is 0.0250. The van der Waals surface area contributed by atoms with Crippen LogP contribution in [0.1, 0.15) is 37.0 Å². The van der Waals surface area contributed by atoms with E-state index < -0.39 is 35.1 Å². The lowest BCUT2D eigenvalue weighted by Gasteiger charge is -2.22. The van der Waals surface area contributed by atoms with E-state index in [4.69, 9.17) is 0 Å². The number of amides is 3. The fraction of sp³-hybridized carbons (Fsp3) is 0.500. The highest BCUT2D eigenvalue weighted by atomic mass is 19.1. The van der Waals surface area contributed by atoms with Crippen molar-refractivity contribution in [2.75, 3.05) is 13.1 Å². The first kappa shape index (κ1) is 19.8. The monoisotopic (exact) mass is 367 g/mol. The van der Waals surface area contributed by atoms with Gasteiger partial charge in [0, 0.05) is 19.0 Å². The first-order chi connectivity index (χ1) is 12.3. The summed E-state index contributed by atoms with van der Waals surface area (Å²) in [5.74, 6) is -3.69. The molecular formula is C18H23F2N3O3. The van der Waals surface area contributed by atoms with E-state index in [0.717, 1.165) is 31.0 Å². The largest absolute Gasteiger partial charge is 0.354 e. The first-order valence-electron chi connectivity index (χ1n) is 8.61. The number of nitrogens with one attached hydrogen (secondary N) is 3. The zero-order valence-electron chi connectivity index (χ0n) is 14.8. The van der Waals surface area contributed by atoms with E-state index in [-0.39, 0.29) is 30.8 Å². The molecule has 1 saturated carbocycles.